The summed E-state index contributed by atoms with van der Waals surface area (Å²) in [6.07, 6.45) is 4.56. The Hall–Kier alpha value is -1.90. The van der Waals surface area contributed by atoms with E-state index in [0.717, 1.165) is 23.6 Å². The van der Waals surface area contributed by atoms with Gasteiger partial charge in [0.05, 0.1) is 7.11 Å². The molecule has 2 heterocycles. The first kappa shape index (κ1) is 12.6. The molecule has 3 nitrogen and oxygen atoms in total. The summed E-state index contributed by atoms with van der Waals surface area (Å²) in [6.45, 7) is 4.20. The molecule has 1 unspecified atom stereocenters. The lowest BCUT2D eigenvalue weighted by Gasteiger charge is -2.12. The second-order valence-corrected chi connectivity index (χ2v) is 4.51. The van der Waals surface area contributed by atoms with Crippen LogP contribution in [0, 0.1) is 6.92 Å². The van der Waals surface area contributed by atoms with E-state index in [1.54, 1.807) is 7.11 Å². The molecule has 94 valence electrons. The molecule has 0 N–H and O–H groups in total. The highest BCUT2D eigenvalue weighted by Gasteiger charge is 2.09. The van der Waals surface area contributed by atoms with Crippen LogP contribution in [0.3, 0.4) is 0 Å². The number of ether oxygens (including phenoxy) is 1. The quantitative estimate of drug-likeness (QED) is 0.826. The highest BCUT2D eigenvalue weighted by molar-refractivity contribution is 5.28. The molecule has 0 aliphatic rings. The Labute approximate surface area is 108 Å². The molecule has 0 saturated heterocycles. The van der Waals surface area contributed by atoms with Crippen molar-refractivity contribution >= 4 is 0 Å². The molecule has 0 aromatic carbocycles. The molecule has 0 amide bonds. The van der Waals surface area contributed by atoms with E-state index in [1.807, 2.05) is 19.3 Å². The minimum atomic E-state index is 0.424. The van der Waals surface area contributed by atoms with Crippen LogP contribution in [0.5, 0.6) is 5.88 Å². The zero-order valence-electron chi connectivity index (χ0n) is 11.1. The molecule has 2 rings (SSSR count). The van der Waals surface area contributed by atoms with Gasteiger partial charge in [0, 0.05) is 23.7 Å². The molecule has 1 atom stereocenters. The van der Waals surface area contributed by atoms with Crippen LogP contribution in [0.2, 0.25) is 0 Å². The van der Waals surface area contributed by atoms with E-state index in [1.165, 1.54) is 5.56 Å². The first-order chi connectivity index (χ1) is 8.70. The van der Waals surface area contributed by atoms with Gasteiger partial charge in [-0.05, 0) is 43.0 Å². The van der Waals surface area contributed by atoms with Gasteiger partial charge in [-0.1, -0.05) is 13.0 Å². The zero-order valence-corrected chi connectivity index (χ0v) is 11.1. The van der Waals surface area contributed by atoms with Crippen molar-refractivity contribution in [2.75, 3.05) is 7.11 Å². The summed E-state index contributed by atoms with van der Waals surface area (Å²) < 4.78 is 5.25. The largest absolute Gasteiger partial charge is 0.481 e. The van der Waals surface area contributed by atoms with Crippen molar-refractivity contribution in [1.29, 1.82) is 0 Å². The van der Waals surface area contributed by atoms with Gasteiger partial charge in [0.1, 0.15) is 0 Å². The molecule has 18 heavy (non-hydrogen) atoms. The van der Waals surface area contributed by atoms with Gasteiger partial charge >= 0.3 is 0 Å². The van der Waals surface area contributed by atoms with Crippen LogP contribution < -0.4 is 4.74 Å². The summed E-state index contributed by atoms with van der Waals surface area (Å²) >= 11 is 0. The third kappa shape index (κ3) is 2.86. The minimum absolute atomic E-state index is 0.424. The molecule has 3 heteroatoms. The molecule has 0 saturated carbocycles. The molecular formula is C15H18N2O. The molecule has 0 fully saturated rings. The first-order valence-electron chi connectivity index (χ1n) is 6.11. The number of rotatable bonds is 4. The summed E-state index contributed by atoms with van der Waals surface area (Å²) in [6, 6.07) is 8.22. The standard InChI is InChI=1S/C15H18N2O/c1-11-4-5-14(17-15(11)18-3)10-12(2)13-6-8-16-9-7-13/h4-9,12H,10H2,1-3H3. The van der Waals surface area contributed by atoms with Crippen molar-refractivity contribution in [3.05, 3.63) is 53.5 Å². The van der Waals surface area contributed by atoms with Crippen LogP contribution in [0.25, 0.3) is 0 Å². The van der Waals surface area contributed by atoms with E-state index in [2.05, 4.69) is 41.2 Å². The molecule has 2 aromatic rings. The minimum Gasteiger partial charge on any atom is -0.481 e. The van der Waals surface area contributed by atoms with Gasteiger partial charge in [-0.2, -0.15) is 0 Å². The predicted molar refractivity (Wildman–Crippen MR) is 71.9 cm³/mol. The lowest BCUT2D eigenvalue weighted by Crippen LogP contribution is -2.02. The Morgan fingerprint density at radius 2 is 1.89 bits per heavy atom. The van der Waals surface area contributed by atoms with Crippen LogP contribution in [-0.4, -0.2) is 17.1 Å². The van der Waals surface area contributed by atoms with Crippen molar-refractivity contribution in [2.24, 2.45) is 0 Å². The topological polar surface area (TPSA) is 35.0 Å². The zero-order chi connectivity index (χ0) is 13.0. The Bertz CT molecular complexity index is 511. The van der Waals surface area contributed by atoms with Gasteiger partial charge < -0.3 is 4.74 Å². The second kappa shape index (κ2) is 5.63. The third-order valence-electron chi connectivity index (χ3n) is 3.09. The van der Waals surface area contributed by atoms with Gasteiger partial charge in [-0.3, -0.25) is 4.98 Å². The van der Waals surface area contributed by atoms with E-state index in [-0.39, 0.29) is 0 Å². The van der Waals surface area contributed by atoms with Crippen LogP contribution in [0.15, 0.2) is 36.7 Å². The Morgan fingerprint density at radius 1 is 1.17 bits per heavy atom. The van der Waals surface area contributed by atoms with Crippen molar-refractivity contribution in [3.63, 3.8) is 0 Å². The van der Waals surface area contributed by atoms with Crippen LogP contribution in [0.1, 0.15) is 29.7 Å². The fraction of sp³-hybridized carbons (Fsp3) is 0.333. The summed E-state index contributed by atoms with van der Waals surface area (Å²) in [7, 11) is 1.66. The lowest BCUT2D eigenvalue weighted by atomic mass is 9.97. The number of hydrogen-bond donors (Lipinski definition) is 0. The highest BCUT2D eigenvalue weighted by atomic mass is 16.5. The van der Waals surface area contributed by atoms with Gasteiger partial charge in [-0.25, -0.2) is 4.98 Å². The number of pyridine rings is 2. The molecular weight excluding hydrogens is 224 g/mol. The fourth-order valence-electron chi connectivity index (χ4n) is 1.99. The lowest BCUT2D eigenvalue weighted by molar-refractivity contribution is 0.392. The molecule has 2 aromatic heterocycles. The molecule has 0 aliphatic heterocycles. The van der Waals surface area contributed by atoms with E-state index in [9.17, 15) is 0 Å². The van der Waals surface area contributed by atoms with Gasteiger partial charge in [-0.15, -0.1) is 0 Å². The highest BCUT2D eigenvalue weighted by Crippen LogP contribution is 2.21. The number of methoxy groups -OCH3 is 1. The van der Waals surface area contributed by atoms with Crippen LogP contribution >= 0.6 is 0 Å². The summed E-state index contributed by atoms with van der Waals surface area (Å²) in [5.74, 6) is 1.14. The van der Waals surface area contributed by atoms with E-state index in [4.69, 9.17) is 4.74 Å². The van der Waals surface area contributed by atoms with Gasteiger partial charge in [0.15, 0.2) is 0 Å². The molecule has 0 bridgehead atoms. The number of hydrogen-bond acceptors (Lipinski definition) is 3. The van der Waals surface area contributed by atoms with Crippen LogP contribution in [0.4, 0.5) is 0 Å². The average molecular weight is 242 g/mol. The van der Waals surface area contributed by atoms with Crippen molar-refractivity contribution in [1.82, 2.24) is 9.97 Å². The van der Waals surface area contributed by atoms with Gasteiger partial charge in [0.2, 0.25) is 5.88 Å². The van der Waals surface area contributed by atoms with Gasteiger partial charge in [0.25, 0.3) is 0 Å². The van der Waals surface area contributed by atoms with E-state index >= 15 is 0 Å². The van der Waals surface area contributed by atoms with Crippen molar-refractivity contribution < 1.29 is 4.74 Å². The van der Waals surface area contributed by atoms with Crippen molar-refractivity contribution in [3.8, 4) is 5.88 Å². The predicted octanol–water partition coefficient (Wildman–Crippen LogP) is 3.14. The summed E-state index contributed by atoms with van der Waals surface area (Å²) in [5, 5.41) is 0. The fourth-order valence-corrected chi connectivity index (χ4v) is 1.99. The smallest absolute Gasteiger partial charge is 0.216 e. The molecule has 0 radical (unpaired) electrons. The Morgan fingerprint density at radius 3 is 2.56 bits per heavy atom. The normalized spacial score (nSPS) is 12.2. The first-order valence-corrected chi connectivity index (χ1v) is 6.11. The maximum absolute atomic E-state index is 5.25. The number of aromatic nitrogens is 2. The third-order valence-corrected chi connectivity index (χ3v) is 3.09. The molecule has 0 aliphatic carbocycles. The second-order valence-electron chi connectivity index (χ2n) is 4.51. The molecule has 0 spiro atoms. The average Bonchev–Trinajstić information content (AvgIpc) is 2.42. The van der Waals surface area contributed by atoms with E-state index in [0.29, 0.717) is 5.92 Å². The Kier molecular flexibility index (Phi) is 3.92. The summed E-state index contributed by atoms with van der Waals surface area (Å²) in [4.78, 5) is 8.56. The number of nitrogens with zero attached hydrogens (tertiary/aromatic N) is 2. The van der Waals surface area contributed by atoms with Crippen molar-refractivity contribution in [2.45, 2.75) is 26.2 Å². The van der Waals surface area contributed by atoms with E-state index < -0.39 is 0 Å². The number of aryl methyl sites for hydroxylation is 1. The monoisotopic (exact) mass is 242 g/mol. The Balaban J connectivity index is 2.14. The SMILES string of the molecule is COc1nc(CC(C)c2ccncc2)ccc1C. The maximum Gasteiger partial charge on any atom is 0.216 e. The maximum atomic E-state index is 5.25. The van der Waals surface area contributed by atoms with Crippen LogP contribution in [-0.2, 0) is 6.42 Å². The summed E-state index contributed by atoms with van der Waals surface area (Å²) in [5.41, 5.74) is 3.41.